The van der Waals surface area contributed by atoms with Gasteiger partial charge in [0.05, 0.1) is 5.69 Å². The number of carbonyl (C=O) groups is 1. The van der Waals surface area contributed by atoms with Crippen LogP contribution in [0.3, 0.4) is 0 Å². The normalized spacial score (nSPS) is 10.2. The van der Waals surface area contributed by atoms with Crippen molar-refractivity contribution >= 4 is 17.0 Å². The Hall–Kier alpha value is -1.75. The molecule has 0 aliphatic heterocycles. The molecule has 0 saturated heterocycles. The highest BCUT2D eigenvalue weighted by atomic mass is 32.2. The first kappa shape index (κ1) is 11.7. The highest BCUT2D eigenvalue weighted by Crippen LogP contribution is 2.22. The predicted molar refractivity (Wildman–Crippen MR) is 69.0 cm³/mol. The van der Waals surface area contributed by atoms with Crippen LogP contribution in [0.2, 0.25) is 0 Å². The largest absolute Gasteiger partial charge is 0.339 e. The fourth-order valence-electron chi connectivity index (χ4n) is 1.29. The minimum atomic E-state index is -0.0426. The minimum Gasteiger partial charge on any atom is -0.339 e. The number of H-pyrrole nitrogens is 1. The summed E-state index contributed by atoms with van der Waals surface area (Å²) in [5.74, 6) is 0. The summed E-state index contributed by atoms with van der Waals surface area (Å²) in [5, 5.41) is 0.571. The van der Waals surface area contributed by atoms with Crippen LogP contribution in [0.15, 0.2) is 41.7 Å². The maximum Gasteiger partial charge on any atom is 0.288 e. The average molecular weight is 247 g/mol. The second kappa shape index (κ2) is 5.05. The smallest absolute Gasteiger partial charge is 0.288 e. The average Bonchev–Trinajstić information content (AvgIpc) is 2.78. The highest BCUT2D eigenvalue weighted by molar-refractivity contribution is 8.13. The van der Waals surface area contributed by atoms with Crippen molar-refractivity contribution in [1.29, 1.82) is 0 Å². The molecular formula is C12H13N3OS. The summed E-state index contributed by atoms with van der Waals surface area (Å²) >= 11 is 1.09. The third kappa shape index (κ3) is 2.88. The second-order valence-electron chi connectivity index (χ2n) is 3.72. The Morgan fingerprint density at radius 1 is 1.29 bits per heavy atom. The van der Waals surface area contributed by atoms with Crippen LogP contribution in [0.25, 0.3) is 11.3 Å². The zero-order valence-corrected chi connectivity index (χ0v) is 10.5. The Kier molecular flexibility index (Phi) is 3.49. The van der Waals surface area contributed by atoms with E-state index in [-0.39, 0.29) is 5.24 Å². The van der Waals surface area contributed by atoms with E-state index in [0.717, 1.165) is 23.0 Å². The molecule has 1 amide bonds. The minimum absolute atomic E-state index is 0.0426. The SMILES string of the molecule is CN(C)C(=O)Sc1nc(-c2ccccc2)c[nH]1. The lowest BCUT2D eigenvalue weighted by atomic mass is 10.2. The van der Waals surface area contributed by atoms with Gasteiger partial charge in [-0.25, -0.2) is 4.98 Å². The molecule has 0 unspecified atom stereocenters. The van der Waals surface area contributed by atoms with E-state index in [1.54, 1.807) is 20.3 Å². The van der Waals surface area contributed by atoms with E-state index in [0.29, 0.717) is 5.16 Å². The first-order chi connectivity index (χ1) is 8.16. The number of benzene rings is 1. The van der Waals surface area contributed by atoms with Gasteiger partial charge in [-0.05, 0) is 0 Å². The number of imidazole rings is 1. The molecule has 5 heteroatoms. The monoisotopic (exact) mass is 247 g/mol. The molecule has 1 aromatic carbocycles. The quantitative estimate of drug-likeness (QED) is 0.830. The van der Waals surface area contributed by atoms with Gasteiger partial charge in [0.2, 0.25) is 0 Å². The molecular weight excluding hydrogens is 234 g/mol. The van der Waals surface area contributed by atoms with E-state index in [1.807, 2.05) is 30.3 Å². The Balaban J connectivity index is 2.14. The van der Waals surface area contributed by atoms with E-state index < -0.39 is 0 Å². The van der Waals surface area contributed by atoms with Gasteiger partial charge in [0, 0.05) is 37.6 Å². The number of aromatic nitrogens is 2. The van der Waals surface area contributed by atoms with E-state index in [2.05, 4.69) is 9.97 Å². The summed E-state index contributed by atoms with van der Waals surface area (Å²) in [4.78, 5) is 20.4. The van der Waals surface area contributed by atoms with Crippen molar-refractivity contribution in [3.05, 3.63) is 36.5 Å². The predicted octanol–water partition coefficient (Wildman–Crippen LogP) is 2.85. The van der Waals surface area contributed by atoms with Gasteiger partial charge in [0.15, 0.2) is 5.16 Å². The molecule has 88 valence electrons. The molecule has 0 aliphatic rings. The zero-order valence-electron chi connectivity index (χ0n) is 9.68. The Labute approximate surface area is 104 Å². The number of carbonyl (C=O) groups excluding carboxylic acids is 1. The molecule has 2 rings (SSSR count). The van der Waals surface area contributed by atoms with Crippen molar-refractivity contribution in [2.75, 3.05) is 14.1 Å². The van der Waals surface area contributed by atoms with Crippen LogP contribution in [0.4, 0.5) is 4.79 Å². The highest BCUT2D eigenvalue weighted by Gasteiger charge is 2.10. The third-order valence-electron chi connectivity index (χ3n) is 2.17. The van der Waals surface area contributed by atoms with Gasteiger partial charge in [0.25, 0.3) is 5.24 Å². The summed E-state index contributed by atoms with van der Waals surface area (Å²) in [7, 11) is 3.44. The van der Waals surface area contributed by atoms with Crippen molar-refractivity contribution in [2.24, 2.45) is 0 Å². The van der Waals surface area contributed by atoms with Crippen molar-refractivity contribution < 1.29 is 4.79 Å². The first-order valence-corrected chi connectivity index (χ1v) is 5.98. The van der Waals surface area contributed by atoms with Crippen LogP contribution < -0.4 is 0 Å². The topological polar surface area (TPSA) is 49.0 Å². The lowest BCUT2D eigenvalue weighted by Crippen LogP contribution is -2.16. The van der Waals surface area contributed by atoms with Crippen molar-refractivity contribution in [2.45, 2.75) is 5.16 Å². The Morgan fingerprint density at radius 2 is 2.00 bits per heavy atom. The van der Waals surface area contributed by atoms with Gasteiger partial charge in [-0.3, -0.25) is 4.79 Å². The summed E-state index contributed by atoms with van der Waals surface area (Å²) in [6, 6.07) is 9.85. The van der Waals surface area contributed by atoms with Crippen LogP contribution in [-0.4, -0.2) is 34.2 Å². The lowest BCUT2D eigenvalue weighted by Gasteiger charge is -2.06. The lowest BCUT2D eigenvalue weighted by molar-refractivity contribution is 0.241. The molecule has 2 aromatic rings. The van der Waals surface area contributed by atoms with Crippen LogP contribution in [0, 0.1) is 0 Å². The fraction of sp³-hybridized carbons (Fsp3) is 0.167. The number of rotatable bonds is 2. The van der Waals surface area contributed by atoms with Gasteiger partial charge < -0.3 is 9.88 Å². The molecule has 0 atom stereocenters. The van der Waals surface area contributed by atoms with Crippen molar-refractivity contribution in [3.8, 4) is 11.3 Å². The van der Waals surface area contributed by atoms with Crippen molar-refractivity contribution in [1.82, 2.24) is 14.9 Å². The van der Waals surface area contributed by atoms with Crippen LogP contribution >= 0.6 is 11.8 Å². The summed E-state index contributed by atoms with van der Waals surface area (Å²) < 4.78 is 0. The van der Waals surface area contributed by atoms with E-state index >= 15 is 0 Å². The van der Waals surface area contributed by atoms with Crippen LogP contribution in [0.5, 0.6) is 0 Å². The Bertz CT molecular complexity index is 507. The van der Waals surface area contributed by atoms with E-state index in [1.165, 1.54) is 4.90 Å². The number of nitrogens with zero attached hydrogens (tertiary/aromatic N) is 2. The molecule has 0 aliphatic carbocycles. The molecule has 1 heterocycles. The number of thioether (sulfide) groups is 1. The van der Waals surface area contributed by atoms with Gasteiger partial charge >= 0.3 is 0 Å². The fourth-order valence-corrected chi connectivity index (χ4v) is 1.90. The van der Waals surface area contributed by atoms with Crippen LogP contribution in [-0.2, 0) is 0 Å². The summed E-state index contributed by atoms with van der Waals surface area (Å²) in [5.41, 5.74) is 1.88. The standard InChI is InChI=1S/C12H13N3OS/c1-15(2)12(16)17-11-13-8-10(14-11)9-6-4-3-5-7-9/h3-8H,1-2H3,(H,13,14). The van der Waals surface area contributed by atoms with Crippen LogP contribution in [0.1, 0.15) is 0 Å². The molecule has 17 heavy (non-hydrogen) atoms. The molecule has 0 spiro atoms. The number of amides is 1. The van der Waals surface area contributed by atoms with Gasteiger partial charge in [0.1, 0.15) is 0 Å². The Morgan fingerprint density at radius 3 is 2.65 bits per heavy atom. The molecule has 1 N–H and O–H groups in total. The molecule has 0 fully saturated rings. The summed E-state index contributed by atoms with van der Waals surface area (Å²) in [6.07, 6.45) is 1.81. The molecule has 0 saturated carbocycles. The van der Waals surface area contributed by atoms with Gasteiger partial charge in [-0.15, -0.1) is 0 Å². The van der Waals surface area contributed by atoms with E-state index in [9.17, 15) is 4.79 Å². The molecule has 1 aromatic heterocycles. The van der Waals surface area contributed by atoms with E-state index in [4.69, 9.17) is 0 Å². The number of nitrogens with one attached hydrogen (secondary N) is 1. The van der Waals surface area contributed by atoms with Crippen molar-refractivity contribution in [3.63, 3.8) is 0 Å². The molecule has 0 bridgehead atoms. The zero-order chi connectivity index (χ0) is 12.3. The third-order valence-corrected chi connectivity index (χ3v) is 3.12. The number of hydrogen-bond acceptors (Lipinski definition) is 3. The summed E-state index contributed by atoms with van der Waals surface area (Å²) in [6.45, 7) is 0. The number of hydrogen-bond donors (Lipinski definition) is 1. The molecule has 0 radical (unpaired) electrons. The van der Waals surface area contributed by atoms with Gasteiger partial charge in [-0.1, -0.05) is 30.3 Å². The maximum atomic E-state index is 11.5. The maximum absolute atomic E-state index is 11.5. The number of aromatic amines is 1. The second-order valence-corrected chi connectivity index (χ2v) is 4.66. The first-order valence-electron chi connectivity index (χ1n) is 5.17. The van der Waals surface area contributed by atoms with Gasteiger partial charge in [-0.2, -0.15) is 0 Å². The molecule has 4 nitrogen and oxygen atoms in total.